The zero-order valence-corrected chi connectivity index (χ0v) is 16.1. The lowest BCUT2D eigenvalue weighted by molar-refractivity contribution is 0.505. The first kappa shape index (κ1) is 19.7. The quantitative estimate of drug-likeness (QED) is 0.358. The number of hydrogen-bond acceptors (Lipinski definition) is 0. The van der Waals surface area contributed by atoms with Crippen LogP contribution in [0.25, 0.3) is 11.1 Å². The monoisotopic (exact) mass is 372 g/mol. The van der Waals surface area contributed by atoms with Crippen molar-refractivity contribution >= 4 is 0 Å². The number of unbranched alkanes of at least 4 members (excludes halogenated alkanes) is 2. The summed E-state index contributed by atoms with van der Waals surface area (Å²) in [5.74, 6) is -1.96. The highest BCUT2D eigenvalue weighted by molar-refractivity contribution is 5.65. The average molecular weight is 372 g/mol. The minimum atomic E-state index is -0.917. The lowest BCUT2D eigenvalue weighted by Gasteiger charge is -2.23. The molecule has 144 valence electrons. The molecule has 0 bridgehead atoms. The number of hydrogen-bond donors (Lipinski definition) is 0. The van der Waals surface area contributed by atoms with E-state index in [-0.39, 0.29) is 22.9 Å². The largest absolute Gasteiger partial charge is 0.207 e. The minimum Gasteiger partial charge on any atom is -0.207 e. The van der Waals surface area contributed by atoms with Gasteiger partial charge in [0.05, 0.1) is 0 Å². The summed E-state index contributed by atoms with van der Waals surface area (Å²) in [4.78, 5) is 0. The molecule has 0 radical (unpaired) electrons. The molecule has 1 aliphatic carbocycles. The molecule has 3 heteroatoms. The Balaban J connectivity index is 1.76. The van der Waals surface area contributed by atoms with Crippen LogP contribution in [0.1, 0.15) is 68.9 Å². The Morgan fingerprint density at radius 1 is 1.00 bits per heavy atom. The average Bonchev–Trinajstić information content (AvgIpc) is 2.67. The van der Waals surface area contributed by atoms with Crippen LogP contribution in [0.2, 0.25) is 0 Å². The zero-order valence-electron chi connectivity index (χ0n) is 16.1. The minimum absolute atomic E-state index is 0.102. The van der Waals surface area contributed by atoms with E-state index < -0.39 is 11.6 Å². The van der Waals surface area contributed by atoms with Gasteiger partial charge in [0.1, 0.15) is 5.82 Å². The summed E-state index contributed by atoms with van der Waals surface area (Å²) in [5.41, 5.74) is 2.89. The van der Waals surface area contributed by atoms with Crippen molar-refractivity contribution in [1.82, 2.24) is 0 Å². The molecular formula is C24H27F3. The standard InChI is InChI=1S/C24H27F3/c1-3-4-5-6-17-8-10-18(11-9-17)20-14-12-19(15-22(20)25)21-13-7-16(2)23(26)24(21)27/h7-8,12-15,18H,3-6,9-11H2,1-2H3. The summed E-state index contributed by atoms with van der Waals surface area (Å²) < 4.78 is 42.8. The Hall–Kier alpha value is -2.03. The predicted molar refractivity (Wildman–Crippen MR) is 105 cm³/mol. The summed E-state index contributed by atoms with van der Waals surface area (Å²) in [6.45, 7) is 3.72. The number of halogens is 3. The van der Waals surface area contributed by atoms with Gasteiger partial charge in [0.2, 0.25) is 0 Å². The van der Waals surface area contributed by atoms with Gasteiger partial charge in [0, 0.05) is 5.56 Å². The predicted octanol–water partition coefficient (Wildman–Crippen LogP) is 7.85. The third-order valence-corrected chi connectivity index (χ3v) is 5.63. The van der Waals surface area contributed by atoms with E-state index in [0.29, 0.717) is 11.1 Å². The Morgan fingerprint density at radius 3 is 2.48 bits per heavy atom. The fourth-order valence-electron chi connectivity index (χ4n) is 3.89. The van der Waals surface area contributed by atoms with Crippen molar-refractivity contribution in [2.75, 3.05) is 0 Å². The van der Waals surface area contributed by atoms with Gasteiger partial charge in [-0.2, -0.15) is 0 Å². The Morgan fingerprint density at radius 2 is 1.81 bits per heavy atom. The molecule has 1 atom stereocenters. The van der Waals surface area contributed by atoms with E-state index >= 15 is 0 Å². The highest BCUT2D eigenvalue weighted by atomic mass is 19.2. The molecule has 2 aromatic carbocycles. The molecule has 2 aromatic rings. The second-order valence-electron chi connectivity index (χ2n) is 7.59. The highest BCUT2D eigenvalue weighted by Crippen LogP contribution is 2.36. The van der Waals surface area contributed by atoms with Crippen molar-refractivity contribution in [3.63, 3.8) is 0 Å². The molecule has 0 spiro atoms. The maximum Gasteiger partial charge on any atom is 0.166 e. The van der Waals surface area contributed by atoms with E-state index in [1.165, 1.54) is 50.0 Å². The van der Waals surface area contributed by atoms with E-state index in [1.54, 1.807) is 12.1 Å². The first-order chi connectivity index (χ1) is 13.0. The molecule has 0 fully saturated rings. The highest BCUT2D eigenvalue weighted by Gasteiger charge is 2.20. The molecule has 27 heavy (non-hydrogen) atoms. The molecule has 0 nitrogen and oxygen atoms in total. The van der Waals surface area contributed by atoms with Crippen molar-refractivity contribution in [1.29, 1.82) is 0 Å². The summed E-state index contributed by atoms with van der Waals surface area (Å²) in [6, 6.07) is 7.80. The number of benzene rings is 2. The van der Waals surface area contributed by atoms with Crippen LogP contribution in [0.15, 0.2) is 42.0 Å². The summed E-state index contributed by atoms with van der Waals surface area (Å²) >= 11 is 0. The summed E-state index contributed by atoms with van der Waals surface area (Å²) in [6.07, 6.45) is 9.95. The fourth-order valence-corrected chi connectivity index (χ4v) is 3.89. The SMILES string of the molecule is CCCCCC1=CCC(c2ccc(-c3ccc(C)c(F)c3F)cc2F)CC1. The van der Waals surface area contributed by atoms with Crippen LogP contribution >= 0.6 is 0 Å². The number of allylic oxidation sites excluding steroid dienone is 2. The van der Waals surface area contributed by atoms with Gasteiger partial charge in [-0.15, -0.1) is 0 Å². The van der Waals surface area contributed by atoms with Crippen molar-refractivity contribution in [2.45, 2.75) is 64.7 Å². The van der Waals surface area contributed by atoms with Gasteiger partial charge in [0.15, 0.2) is 11.6 Å². The molecule has 0 aromatic heterocycles. The number of rotatable bonds is 6. The van der Waals surface area contributed by atoms with E-state index in [9.17, 15) is 13.2 Å². The summed E-state index contributed by atoms with van der Waals surface area (Å²) in [7, 11) is 0. The van der Waals surface area contributed by atoms with Crippen LogP contribution in [0.3, 0.4) is 0 Å². The van der Waals surface area contributed by atoms with Crippen LogP contribution < -0.4 is 0 Å². The van der Waals surface area contributed by atoms with E-state index in [2.05, 4.69) is 13.0 Å². The molecule has 0 N–H and O–H groups in total. The van der Waals surface area contributed by atoms with Crippen molar-refractivity contribution in [3.05, 3.63) is 70.6 Å². The van der Waals surface area contributed by atoms with Crippen LogP contribution in [0, 0.1) is 24.4 Å². The van der Waals surface area contributed by atoms with E-state index in [4.69, 9.17) is 0 Å². The second kappa shape index (κ2) is 8.77. The first-order valence-electron chi connectivity index (χ1n) is 9.93. The zero-order chi connectivity index (χ0) is 19.4. The van der Waals surface area contributed by atoms with Crippen LogP contribution in [0.4, 0.5) is 13.2 Å². The normalized spacial score (nSPS) is 17.1. The fraction of sp³-hybridized carbons (Fsp3) is 0.417. The van der Waals surface area contributed by atoms with Crippen LogP contribution in [0.5, 0.6) is 0 Å². The third kappa shape index (κ3) is 4.45. The lowest BCUT2D eigenvalue weighted by Crippen LogP contribution is -2.07. The van der Waals surface area contributed by atoms with Crippen LogP contribution in [-0.4, -0.2) is 0 Å². The van der Waals surface area contributed by atoms with Gasteiger partial charge < -0.3 is 0 Å². The van der Waals surface area contributed by atoms with Crippen molar-refractivity contribution < 1.29 is 13.2 Å². The Kier molecular flexibility index (Phi) is 6.41. The maximum atomic E-state index is 14.7. The number of aryl methyl sites for hydroxylation is 1. The molecule has 3 rings (SSSR count). The van der Waals surface area contributed by atoms with Gasteiger partial charge in [-0.25, -0.2) is 13.2 Å². The van der Waals surface area contributed by atoms with Crippen LogP contribution in [-0.2, 0) is 0 Å². The molecule has 0 aliphatic heterocycles. The molecule has 0 saturated heterocycles. The molecular weight excluding hydrogens is 345 g/mol. The third-order valence-electron chi connectivity index (χ3n) is 5.63. The molecule has 1 aliphatic rings. The van der Waals surface area contributed by atoms with E-state index in [1.807, 2.05) is 0 Å². The Labute approximate surface area is 160 Å². The van der Waals surface area contributed by atoms with Gasteiger partial charge in [-0.1, -0.05) is 55.7 Å². The first-order valence-corrected chi connectivity index (χ1v) is 9.93. The van der Waals surface area contributed by atoms with Gasteiger partial charge in [-0.3, -0.25) is 0 Å². The van der Waals surface area contributed by atoms with Crippen molar-refractivity contribution in [2.24, 2.45) is 0 Å². The molecule has 0 saturated carbocycles. The maximum absolute atomic E-state index is 14.7. The second-order valence-corrected chi connectivity index (χ2v) is 7.59. The van der Waals surface area contributed by atoms with E-state index in [0.717, 1.165) is 25.7 Å². The lowest BCUT2D eigenvalue weighted by atomic mass is 9.82. The topological polar surface area (TPSA) is 0 Å². The van der Waals surface area contributed by atoms with Gasteiger partial charge in [0.25, 0.3) is 0 Å². The molecule has 0 heterocycles. The summed E-state index contributed by atoms with van der Waals surface area (Å²) in [5, 5.41) is 0. The molecule has 0 amide bonds. The van der Waals surface area contributed by atoms with Gasteiger partial charge >= 0.3 is 0 Å². The molecule has 1 unspecified atom stereocenters. The smallest absolute Gasteiger partial charge is 0.166 e. The van der Waals surface area contributed by atoms with Crippen molar-refractivity contribution in [3.8, 4) is 11.1 Å². The Bertz CT molecular complexity index is 836. The van der Waals surface area contributed by atoms with Gasteiger partial charge in [-0.05, 0) is 67.7 Å².